The molecule has 3 N–H and O–H groups in total. The average Bonchev–Trinajstić information content (AvgIpc) is 2.68. The smallest absolute Gasteiger partial charge is 0.223 e. The standard InChI is InChI=1S/C21H33N3O2.2ClH/c1-26-20-7-5-17(6-8-20)15-24-11-9-16(10-12-24)14-23-21(25)18-3-2-4-19(22)13-18;;/h5-8,16,18-19H,2-4,9-15,22H2,1H3,(H,23,25);2*1H. The number of halogens is 2. The molecule has 1 aromatic carbocycles. The third-order valence-electron chi connectivity index (χ3n) is 5.92. The van der Waals surface area contributed by atoms with Gasteiger partial charge in [-0.3, -0.25) is 9.69 Å². The van der Waals surface area contributed by atoms with Crippen molar-refractivity contribution in [3.05, 3.63) is 29.8 Å². The fourth-order valence-electron chi connectivity index (χ4n) is 4.19. The molecule has 2 atom stereocenters. The second-order valence-electron chi connectivity index (χ2n) is 7.94. The monoisotopic (exact) mass is 431 g/mol. The van der Waals surface area contributed by atoms with Gasteiger partial charge in [-0.15, -0.1) is 24.8 Å². The van der Waals surface area contributed by atoms with Crippen LogP contribution in [0.4, 0.5) is 0 Å². The van der Waals surface area contributed by atoms with Gasteiger partial charge in [0.05, 0.1) is 7.11 Å². The topological polar surface area (TPSA) is 67.6 Å². The van der Waals surface area contributed by atoms with Crippen molar-refractivity contribution in [3.63, 3.8) is 0 Å². The lowest BCUT2D eigenvalue weighted by atomic mass is 9.85. The molecule has 28 heavy (non-hydrogen) atoms. The molecule has 2 unspecified atom stereocenters. The van der Waals surface area contributed by atoms with Crippen molar-refractivity contribution >= 4 is 30.7 Å². The molecule has 1 heterocycles. The number of likely N-dealkylation sites (tertiary alicyclic amines) is 1. The zero-order valence-electron chi connectivity index (χ0n) is 16.8. The van der Waals surface area contributed by atoms with Crippen LogP contribution >= 0.6 is 24.8 Å². The van der Waals surface area contributed by atoms with Crippen LogP contribution in [0.3, 0.4) is 0 Å². The second kappa shape index (κ2) is 12.5. The van der Waals surface area contributed by atoms with Gasteiger partial charge in [-0.2, -0.15) is 0 Å². The number of carbonyl (C=O) groups is 1. The molecule has 0 radical (unpaired) electrons. The number of benzene rings is 1. The largest absolute Gasteiger partial charge is 0.497 e. The molecule has 1 saturated carbocycles. The minimum atomic E-state index is 0. The lowest BCUT2D eigenvalue weighted by molar-refractivity contribution is -0.126. The van der Waals surface area contributed by atoms with E-state index >= 15 is 0 Å². The predicted molar refractivity (Wildman–Crippen MR) is 118 cm³/mol. The van der Waals surface area contributed by atoms with Crippen LogP contribution in [0.2, 0.25) is 0 Å². The van der Waals surface area contributed by atoms with Gasteiger partial charge in [0.15, 0.2) is 0 Å². The summed E-state index contributed by atoms with van der Waals surface area (Å²) < 4.78 is 5.21. The summed E-state index contributed by atoms with van der Waals surface area (Å²) in [5, 5.41) is 3.19. The Morgan fingerprint density at radius 3 is 2.43 bits per heavy atom. The summed E-state index contributed by atoms with van der Waals surface area (Å²) in [6, 6.07) is 8.53. The molecule has 1 aliphatic carbocycles. The third-order valence-corrected chi connectivity index (χ3v) is 5.92. The Bertz CT molecular complexity index is 578. The Kier molecular flexibility index (Phi) is 11.2. The maximum atomic E-state index is 12.4. The van der Waals surface area contributed by atoms with E-state index in [2.05, 4.69) is 22.3 Å². The maximum Gasteiger partial charge on any atom is 0.223 e. The molecule has 7 heteroatoms. The van der Waals surface area contributed by atoms with Crippen LogP contribution < -0.4 is 15.8 Å². The highest BCUT2D eigenvalue weighted by Gasteiger charge is 2.26. The van der Waals surface area contributed by atoms with E-state index < -0.39 is 0 Å². The molecule has 5 nitrogen and oxygen atoms in total. The minimum Gasteiger partial charge on any atom is -0.497 e. The summed E-state index contributed by atoms with van der Waals surface area (Å²) >= 11 is 0. The van der Waals surface area contributed by atoms with E-state index in [-0.39, 0.29) is 42.7 Å². The van der Waals surface area contributed by atoms with Crippen molar-refractivity contribution in [2.45, 2.75) is 51.1 Å². The molecule has 1 aromatic rings. The van der Waals surface area contributed by atoms with Gasteiger partial charge >= 0.3 is 0 Å². The summed E-state index contributed by atoms with van der Waals surface area (Å²) in [4.78, 5) is 14.9. The Morgan fingerprint density at radius 2 is 1.82 bits per heavy atom. The molecule has 1 aliphatic heterocycles. The van der Waals surface area contributed by atoms with E-state index in [1.54, 1.807) is 7.11 Å². The van der Waals surface area contributed by atoms with Crippen LogP contribution in [0.1, 0.15) is 44.1 Å². The van der Waals surface area contributed by atoms with Gasteiger partial charge in [0.25, 0.3) is 0 Å². The summed E-state index contributed by atoms with van der Waals surface area (Å²) in [6.07, 6.45) is 6.31. The Balaban J connectivity index is 0.00000196. The van der Waals surface area contributed by atoms with Crippen LogP contribution in [0.15, 0.2) is 24.3 Å². The van der Waals surface area contributed by atoms with E-state index in [4.69, 9.17) is 10.5 Å². The summed E-state index contributed by atoms with van der Waals surface area (Å²) in [7, 11) is 1.70. The maximum absolute atomic E-state index is 12.4. The lowest BCUT2D eigenvalue weighted by Crippen LogP contribution is -2.42. The first-order chi connectivity index (χ1) is 12.6. The first-order valence-corrected chi connectivity index (χ1v) is 10.0. The zero-order valence-corrected chi connectivity index (χ0v) is 18.4. The van der Waals surface area contributed by atoms with Crippen LogP contribution in [0, 0.1) is 11.8 Å². The fourth-order valence-corrected chi connectivity index (χ4v) is 4.19. The van der Waals surface area contributed by atoms with Crippen molar-refractivity contribution < 1.29 is 9.53 Å². The van der Waals surface area contributed by atoms with Gasteiger partial charge < -0.3 is 15.8 Å². The highest BCUT2D eigenvalue weighted by atomic mass is 35.5. The first-order valence-electron chi connectivity index (χ1n) is 10.0. The highest BCUT2D eigenvalue weighted by Crippen LogP contribution is 2.24. The van der Waals surface area contributed by atoms with Crippen LogP contribution in [-0.2, 0) is 11.3 Å². The Hall–Kier alpha value is -1.01. The number of nitrogens with one attached hydrogen (secondary N) is 1. The number of hydrogen-bond acceptors (Lipinski definition) is 4. The minimum absolute atomic E-state index is 0. The van der Waals surface area contributed by atoms with E-state index in [0.717, 1.165) is 70.5 Å². The number of piperidine rings is 1. The predicted octanol–water partition coefficient (Wildman–Crippen LogP) is 3.38. The van der Waals surface area contributed by atoms with Crippen molar-refractivity contribution in [2.75, 3.05) is 26.7 Å². The summed E-state index contributed by atoms with van der Waals surface area (Å²) in [5.74, 6) is 1.86. The molecule has 0 aromatic heterocycles. The molecule has 1 saturated heterocycles. The summed E-state index contributed by atoms with van der Waals surface area (Å²) in [5.41, 5.74) is 7.33. The molecule has 3 rings (SSSR count). The van der Waals surface area contributed by atoms with Gasteiger partial charge in [0, 0.05) is 25.0 Å². The van der Waals surface area contributed by atoms with Crippen molar-refractivity contribution in [1.82, 2.24) is 10.2 Å². The van der Waals surface area contributed by atoms with Gasteiger partial charge in [0.1, 0.15) is 5.75 Å². The SMILES string of the molecule is COc1ccc(CN2CCC(CNC(=O)C3CCCC(N)C3)CC2)cc1.Cl.Cl. The second-order valence-corrected chi connectivity index (χ2v) is 7.94. The highest BCUT2D eigenvalue weighted by molar-refractivity contribution is 5.85. The quantitative estimate of drug-likeness (QED) is 0.723. The van der Waals surface area contributed by atoms with E-state index in [1.807, 2.05) is 12.1 Å². The van der Waals surface area contributed by atoms with E-state index in [1.165, 1.54) is 5.56 Å². The van der Waals surface area contributed by atoms with Gasteiger partial charge in [-0.05, 0) is 68.8 Å². The number of nitrogens with two attached hydrogens (primary N) is 1. The fraction of sp³-hybridized carbons (Fsp3) is 0.667. The van der Waals surface area contributed by atoms with Gasteiger partial charge in [0.2, 0.25) is 5.91 Å². The first kappa shape index (κ1) is 25.0. The molecule has 2 fully saturated rings. The number of carbonyl (C=O) groups excluding carboxylic acids is 1. The molecular formula is C21H35Cl2N3O2. The van der Waals surface area contributed by atoms with Crippen molar-refractivity contribution in [3.8, 4) is 5.75 Å². The number of nitrogens with zero attached hydrogens (tertiary/aromatic N) is 1. The van der Waals surface area contributed by atoms with Crippen molar-refractivity contribution in [2.24, 2.45) is 17.6 Å². The molecule has 0 spiro atoms. The zero-order chi connectivity index (χ0) is 18.4. The van der Waals surface area contributed by atoms with E-state index in [0.29, 0.717) is 5.92 Å². The Labute approximate surface area is 181 Å². The number of amides is 1. The van der Waals surface area contributed by atoms with Crippen LogP contribution in [0.5, 0.6) is 5.75 Å². The lowest BCUT2D eigenvalue weighted by Gasteiger charge is -2.32. The Morgan fingerprint density at radius 1 is 1.14 bits per heavy atom. The number of rotatable bonds is 6. The third kappa shape index (κ3) is 7.43. The van der Waals surface area contributed by atoms with Crippen LogP contribution in [-0.4, -0.2) is 43.6 Å². The van der Waals surface area contributed by atoms with E-state index in [9.17, 15) is 4.79 Å². The molecule has 160 valence electrons. The van der Waals surface area contributed by atoms with Gasteiger partial charge in [-0.25, -0.2) is 0 Å². The molecule has 1 amide bonds. The molecular weight excluding hydrogens is 397 g/mol. The normalized spacial score (nSPS) is 23.2. The molecule has 2 aliphatic rings. The average molecular weight is 432 g/mol. The molecule has 0 bridgehead atoms. The van der Waals surface area contributed by atoms with Crippen LogP contribution in [0.25, 0.3) is 0 Å². The number of methoxy groups -OCH3 is 1. The summed E-state index contributed by atoms with van der Waals surface area (Å²) in [6.45, 7) is 4.01. The number of hydrogen-bond donors (Lipinski definition) is 2. The van der Waals surface area contributed by atoms with Crippen molar-refractivity contribution in [1.29, 1.82) is 0 Å². The number of ether oxygens (including phenoxy) is 1. The van der Waals surface area contributed by atoms with Gasteiger partial charge in [-0.1, -0.05) is 18.6 Å².